The minimum absolute atomic E-state index is 0.832. The number of hydrogen-bond acceptors (Lipinski definition) is 2. The van der Waals surface area contributed by atoms with Crippen molar-refractivity contribution in [1.29, 1.82) is 0 Å². The standard InChI is InChI=1S/C15H23BrN2/c1-18(10-12-5-3-2-4-6-12)11-13-7-8-14(16)15(17)9-13/h7-9,12H,2-6,10-11,17H2,1H3. The van der Waals surface area contributed by atoms with Crippen molar-refractivity contribution in [2.75, 3.05) is 19.3 Å². The number of nitrogens with two attached hydrogens (primary N) is 1. The van der Waals surface area contributed by atoms with Gasteiger partial charge in [0.15, 0.2) is 0 Å². The Morgan fingerprint density at radius 1 is 1.28 bits per heavy atom. The molecule has 18 heavy (non-hydrogen) atoms. The van der Waals surface area contributed by atoms with E-state index in [0.717, 1.165) is 22.6 Å². The van der Waals surface area contributed by atoms with Gasteiger partial charge in [-0.3, -0.25) is 0 Å². The van der Waals surface area contributed by atoms with E-state index in [1.165, 1.54) is 44.2 Å². The Kier molecular flexibility index (Phi) is 5.07. The Balaban J connectivity index is 1.85. The molecular weight excluding hydrogens is 288 g/mol. The molecule has 100 valence electrons. The highest BCUT2D eigenvalue weighted by Gasteiger charge is 2.15. The van der Waals surface area contributed by atoms with Gasteiger partial charge in [-0.2, -0.15) is 0 Å². The molecule has 0 radical (unpaired) electrons. The lowest BCUT2D eigenvalue weighted by atomic mass is 9.89. The highest BCUT2D eigenvalue weighted by atomic mass is 79.9. The van der Waals surface area contributed by atoms with Crippen LogP contribution in [-0.4, -0.2) is 18.5 Å². The van der Waals surface area contributed by atoms with Gasteiger partial charge in [0.1, 0.15) is 0 Å². The summed E-state index contributed by atoms with van der Waals surface area (Å²) in [5.74, 6) is 0.900. The number of benzene rings is 1. The third-order valence-electron chi connectivity index (χ3n) is 3.81. The highest BCUT2D eigenvalue weighted by molar-refractivity contribution is 9.10. The van der Waals surface area contributed by atoms with Crippen molar-refractivity contribution in [3.8, 4) is 0 Å². The first kappa shape index (κ1) is 13.9. The van der Waals surface area contributed by atoms with E-state index in [4.69, 9.17) is 5.73 Å². The maximum atomic E-state index is 5.92. The second-order valence-corrected chi connectivity index (χ2v) is 6.41. The van der Waals surface area contributed by atoms with Crippen LogP contribution in [0.2, 0.25) is 0 Å². The van der Waals surface area contributed by atoms with Crippen molar-refractivity contribution in [3.63, 3.8) is 0 Å². The van der Waals surface area contributed by atoms with Crippen LogP contribution in [0.25, 0.3) is 0 Å². The number of anilines is 1. The fraction of sp³-hybridized carbons (Fsp3) is 0.600. The number of nitrogens with zero attached hydrogens (tertiary/aromatic N) is 1. The zero-order valence-corrected chi connectivity index (χ0v) is 12.7. The Morgan fingerprint density at radius 3 is 2.67 bits per heavy atom. The van der Waals surface area contributed by atoms with Gasteiger partial charge in [-0.05, 0) is 59.4 Å². The van der Waals surface area contributed by atoms with E-state index in [1.54, 1.807) is 0 Å². The zero-order chi connectivity index (χ0) is 13.0. The number of nitrogen functional groups attached to an aromatic ring is 1. The largest absolute Gasteiger partial charge is 0.398 e. The van der Waals surface area contributed by atoms with Crippen LogP contribution in [0.4, 0.5) is 5.69 Å². The number of rotatable bonds is 4. The average Bonchev–Trinajstić information content (AvgIpc) is 2.35. The predicted molar refractivity (Wildman–Crippen MR) is 81.5 cm³/mol. The molecule has 0 unspecified atom stereocenters. The summed E-state index contributed by atoms with van der Waals surface area (Å²) in [5.41, 5.74) is 8.05. The fourth-order valence-electron chi connectivity index (χ4n) is 2.88. The van der Waals surface area contributed by atoms with Crippen LogP contribution in [0.1, 0.15) is 37.7 Å². The molecule has 0 aromatic heterocycles. The highest BCUT2D eigenvalue weighted by Crippen LogP contribution is 2.25. The van der Waals surface area contributed by atoms with Gasteiger partial charge in [-0.25, -0.2) is 0 Å². The Morgan fingerprint density at radius 2 is 2.00 bits per heavy atom. The molecule has 1 aromatic rings. The first-order valence-electron chi connectivity index (χ1n) is 6.87. The van der Waals surface area contributed by atoms with Crippen LogP contribution >= 0.6 is 15.9 Å². The van der Waals surface area contributed by atoms with Crippen molar-refractivity contribution in [2.24, 2.45) is 5.92 Å². The van der Waals surface area contributed by atoms with Gasteiger partial charge in [0.05, 0.1) is 0 Å². The minimum atomic E-state index is 0.832. The molecule has 2 nitrogen and oxygen atoms in total. The second kappa shape index (κ2) is 6.58. The lowest BCUT2D eigenvalue weighted by molar-refractivity contribution is 0.228. The summed E-state index contributed by atoms with van der Waals surface area (Å²) in [6, 6.07) is 6.26. The van der Waals surface area contributed by atoms with E-state index in [2.05, 4.69) is 40.0 Å². The third-order valence-corrected chi connectivity index (χ3v) is 4.53. The van der Waals surface area contributed by atoms with E-state index in [9.17, 15) is 0 Å². The van der Waals surface area contributed by atoms with Crippen molar-refractivity contribution in [1.82, 2.24) is 4.90 Å². The second-order valence-electron chi connectivity index (χ2n) is 5.56. The van der Waals surface area contributed by atoms with Gasteiger partial charge in [0.25, 0.3) is 0 Å². The summed E-state index contributed by atoms with van der Waals surface area (Å²) < 4.78 is 0.987. The molecule has 1 aliphatic rings. The summed E-state index contributed by atoms with van der Waals surface area (Å²) in [6.45, 7) is 2.21. The van der Waals surface area contributed by atoms with E-state index < -0.39 is 0 Å². The maximum Gasteiger partial charge on any atom is 0.0461 e. The van der Waals surface area contributed by atoms with Crippen LogP contribution in [0.3, 0.4) is 0 Å². The molecule has 3 heteroatoms. The summed E-state index contributed by atoms with van der Waals surface area (Å²) in [4.78, 5) is 2.43. The van der Waals surface area contributed by atoms with Crippen LogP contribution in [0, 0.1) is 5.92 Å². The van der Waals surface area contributed by atoms with Gasteiger partial charge in [0, 0.05) is 23.2 Å². The third kappa shape index (κ3) is 3.99. The molecule has 0 bridgehead atoms. The fourth-order valence-corrected chi connectivity index (χ4v) is 3.12. The Hall–Kier alpha value is -0.540. The van der Waals surface area contributed by atoms with Gasteiger partial charge in [-0.15, -0.1) is 0 Å². The molecule has 2 rings (SSSR count). The lowest BCUT2D eigenvalue weighted by Crippen LogP contribution is -2.26. The topological polar surface area (TPSA) is 29.3 Å². The van der Waals surface area contributed by atoms with Crippen LogP contribution in [0.15, 0.2) is 22.7 Å². The molecule has 0 spiro atoms. The number of hydrogen-bond donors (Lipinski definition) is 1. The molecule has 0 amide bonds. The first-order chi connectivity index (χ1) is 8.65. The summed E-state index contributed by atoms with van der Waals surface area (Å²) in [7, 11) is 2.22. The van der Waals surface area contributed by atoms with E-state index in [1.807, 2.05) is 6.07 Å². The SMILES string of the molecule is CN(Cc1ccc(Br)c(N)c1)CC1CCCCC1. The minimum Gasteiger partial charge on any atom is -0.398 e. The number of halogens is 1. The maximum absolute atomic E-state index is 5.92. The molecule has 0 atom stereocenters. The predicted octanol–water partition coefficient (Wildman–Crippen LogP) is 4.04. The first-order valence-corrected chi connectivity index (χ1v) is 7.67. The van der Waals surface area contributed by atoms with Gasteiger partial charge < -0.3 is 10.6 Å². The van der Waals surface area contributed by atoms with E-state index in [-0.39, 0.29) is 0 Å². The molecule has 0 aliphatic heterocycles. The summed E-state index contributed by atoms with van der Waals surface area (Å²) >= 11 is 3.44. The van der Waals surface area contributed by atoms with Crippen LogP contribution < -0.4 is 5.73 Å². The summed E-state index contributed by atoms with van der Waals surface area (Å²) in [5, 5.41) is 0. The van der Waals surface area contributed by atoms with Crippen molar-refractivity contribution in [2.45, 2.75) is 38.6 Å². The van der Waals surface area contributed by atoms with Crippen LogP contribution in [0.5, 0.6) is 0 Å². The average molecular weight is 311 g/mol. The van der Waals surface area contributed by atoms with Gasteiger partial charge in [-0.1, -0.05) is 25.3 Å². The molecule has 0 saturated heterocycles. The van der Waals surface area contributed by atoms with Gasteiger partial charge in [0.2, 0.25) is 0 Å². The molecule has 1 fully saturated rings. The van der Waals surface area contributed by atoms with Crippen molar-refractivity contribution in [3.05, 3.63) is 28.2 Å². The normalized spacial score (nSPS) is 17.3. The molecule has 1 aromatic carbocycles. The molecule has 0 heterocycles. The monoisotopic (exact) mass is 310 g/mol. The Bertz CT molecular complexity index is 386. The smallest absolute Gasteiger partial charge is 0.0461 e. The zero-order valence-electron chi connectivity index (χ0n) is 11.2. The molecular formula is C15H23BrN2. The van der Waals surface area contributed by atoms with Crippen LogP contribution in [-0.2, 0) is 6.54 Å². The molecule has 1 saturated carbocycles. The summed E-state index contributed by atoms with van der Waals surface area (Å²) in [6.07, 6.45) is 7.09. The lowest BCUT2D eigenvalue weighted by Gasteiger charge is -2.27. The van der Waals surface area contributed by atoms with Crippen molar-refractivity contribution >= 4 is 21.6 Å². The van der Waals surface area contributed by atoms with Gasteiger partial charge >= 0.3 is 0 Å². The molecule has 1 aliphatic carbocycles. The van der Waals surface area contributed by atoms with E-state index in [0.29, 0.717) is 0 Å². The molecule has 2 N–H and O–H groups in total. The quantitative estimate of drug-likeness (QED) is 0.850. The van der Waals surface area contributed by atoms with E-state index >= 15 is 0 Å². The van der Waals surface area contributed by atoms with Crippen molar-refractivity contribution < 1.29 is 0 Å². The Labute approximate surface area is 119 Å².